The van der Waals surface area contributed by atoms with Gasteiger partial charge in [0.05, 0.1) is 0 Å². The third-order valence-corrected chi connectivity index (χ3v) is 5.09. The number of carbonyl (C=O) groups is 1. The van der Waals surface area contributed by atoms with Gasteiger partial charge < -0.3 is 10.6 Å². The molecule has 1 heterocycles. The molecule has 1 amide bonds. The summed E-state index contributed by atoms with van der Waals surface area (Å²) < 4.78 is 0. The van der Waals surface area contributed by atoms with Crippen LogP contribution < -0.4 is 10.6 Å². The van der Waals surface area contributed by atoms with Gasteiger partial charge >= 0.3 is 0 Å². The second-order valence-corrected chi connectivity index (χ2v) is 6.13. The summed E-state index contributed by atoms with van der Waals surface area (Å²) in [5, 5.41) is 6.65. The molecule has 1 atom stereocenters. The first kappa shape index (κ1) is 15.8. The number of piperidine rings is 1. The van der Waals surface area contributed by atoms with Crippen LogP contribution in [-0.2, 0) is 4.79 Å². The highest BCUT2D eigenvalue weighted by Crippen LogP contribution is 2.58. The van der Waals surface area contributed by atoms with Crippen LogP contribution in [0.1, 0.15) is 52.9 Å². The monoisotopic (exact) mass is 274 g/mol. The van der Waals surface area contributed by atoms with Gasteiger partial charge in [-0.2, -0.15) is 0 Å². The molecule has 0 radical (unpaired) electrons. The zero-order valence-corrected chi connectivity index (χ0v) is 12.7. The van der Waals surface area contributed by atoms with E-state index in [0.717, 1.165) is 32.4 Å². The maximum absolute atomic E-state index is 12.3. The molecule has 1 saturated heterocycles. The van der Waals surface area contributed by atoms with E-state index in [0.29, 0.717) is 17.2 Å². The maximum atomic E-state index is 12.3. The first-order valence-electron chi connectivity index (χ1n) is 7.08. The number of hydrogen-bond acceptors (Lipinski definition) is 2. The number of rotatable bonds is 4. The van der Waals surface area contributed by atoms with Crippen LogP contribution in [0.2, 0.25) is 0 Å². The number of hydrogen-bond donors (Lipinski definition) is 2. The lowest BCUT2D eigenvalue weighted by Crippen LogP contribution is -2.46. The molecule has 0 bridgehead atoms. The third-order valence-electron chi connectivity index (χ3n) is 5.09. The van der Waals surface area contributed by atoms with Crippen LogP contribution in [0, 0.1) is 11.3 Å². The minimum Gasteiger partial charge on any atom is -0.351 e. The summed E-state index contributed by atoms with van der Waals surface area (Å²) in [6.45, 7) is 8.63. The molecule has 0 aromatic heterocycles. The highest BCUT2D eigenvalue weighted by molar-refractivity contribution is 5.85. The normalized spacial score (nSPS) is 25.4. The summed E-state index contributed by atoms with van der Waals surface area (Å²) in [7, 11) is 0. The Balaban J connectivity index is 0.00000162. The molecular weight excluding hydrogens is 248 g/mol. The van der Waals surface area contributed by atoms with Crippen molar-refractivity contribution in [3.8, 4) is 0 Å². The van der Waals surface area contributed by atoms with Crippen molar-refractivity contribution in [3.63, 3.8) is 0 Å². The van der Waals surface area contributed by atoms with E-state index in [1.54, 1.807) is 0 Å². The second-order valence-electron chi connectivity index (χ2n) is 6.13. The van der Waals surface area contributed by atoms with Gasteiger partial charge in [0.15, 0.2) is 0 Å². The number of carbonyl (C=O) groups excluding carboxylic acids is 1. The Labute approximate surface area is 117 Å². The summed E-state index contributed by atoms with van der Waals surface area (Å²) >= 11 is 0. The molecule has 1 aliphatic heterocycles. The Bertz CT molecular complexity index is 296. The van der Waals surface area contributed by atoms with E-state index in [1.165, 1.54) is 12.8 Å². The molecule has 2 fully saturated rings. The molecule has 1 spiro atoms. The summed E-state index contributed by atoms with van der Waals surface area (Å²) in [5.41, 5.74) is 0.353. The van der Waals surface area contributed by atoms with Crippen molar-refractivity contribution >= 4 is 18.3 Å². The molecule has 0 aromatic rings. The second kappa shape index (κ2) is 5.79. The maximum Gasteiger partial charge on any atom is 0.224 e. The molecular formula is C14H27ClN2O. The molecule has 3 nitrogen and oxygen atoms in total. The molecule has 2 rings (SSSR count). The van der Waals surface area contributed by atoms with Crippen LogP contribution in [-0.4, -0.2) is 24.5 Å². The van der Waals surface area contributed by atoms with Crippen molar-refractivity contribution in [1.82, 2.24) is 10.6 Å². The zero-order chi connectivity index (χ0) is 12.5. The summed E-state index contributed by atoms with van der Waals surface area (Å²) in [4.78, 5) is 12.3. The van der Waals surface area contributed by atoms with Crippen LogP contribution in [0.25, 0.3) is 0 Å². The topological polar surface area (TPSA) is 41.1 Å². The standard InChI is InChI=1S/C14H26N2O.ClH/c1-4-13(3,5-2)16-12(17)11-10-14(11)6-8-15-9-7-14;/h11,15H,4-10H2,1-3H3,(H,16,17);1H. The van der Waals surface area contributed by atoms with E-state index >= 15 is 0 Å². The summed E-state index contributed by atoms with van der Waals surface area (Å²) in [6.07, 6.45) is 5.50. The van der Waals surface area contributed by atoms with Gasteiger partial charge in [-0.1, -0.05) is 13.8 Å². The SMILES string of the molecule is CCC(C)(CC)NC(=O)C1CC12CCNCC2.Cl. The van der Waals surface area contributed by atoms with Gasteiger partial charge in [-0.15, -0.1) is 12.4 Å². The van der Waals surface area contributed by atoms with Gasteiger partial charge in [0, 0.05) is 11.5 Å². The van der Waals surface area contributed by atoms with Gasteiger partial charge in [-0.25, -0.2) is 0 Å². The Hall–Kier alpha value is -0.280. The lowest BCUT2D eigenvalue weighted by atomic mass is 9.90. The predicted octanol–water partition coefficient (Wildman–Crippen LogP) is 2.49. The predicted molar refractivity (Wildman–Crippen MR) is 77.0 cm³/mol. The van der Waals surface area contributed by atoms with Gasteiger partial charge in [-0.3, -0.25) is 4.79 Å². The van der Waals surface area contributed by atoms with Crippen LogP contribution in [0.5, 0.6) is 0 Å². The fourth-order valence-electron chi connectivity index (χ4n) is 3.01. The van der Waals surface area contributed by atoms with E-state index in [-0.39, 0.29) is 17.9 Å². The Morgan fingerprint density at radius 3 is 2.39 bits per heavy atom. The van der Waals surface area contributed by atoms with Gasteiger partial charge in [-0.05, 0) is 57.5 Å². The van der Waals surface area contributed by atoms with Crippen molar-refractivity contribution in [2.24, 2.45) is 11.3 Å². The lowest BCUT2D eigenvalue weighted by molar-refractivity contribution is -0.125. The third kappa shape index (κ3) is 3.00. The van der Waals surface area contributed by atoms with Gasteiger partial charge in [0.1, 0.15) is 0 Å². The van der Waals surface area contributed by atoms with Crippen molar-refractivity contribution in [2.45, 2.75) is 58.4 Å². The van der Waals surface area contributed by atoms with Crippen LogP contribution in [0.4, 0.5) is 0 Å². The van der Waals surface area contributed by atoms with Crippen molar-refractivity contribution < 1.29 is 4.79 Å². The molecule has 4 heteroatoms. The van der Waals surface area contributed by atoms with E-state index < -0.39 is 0 Å². The van der Waals surface area contributed by atoms with Gasteiger partial charge in [0.25, 0.3) is 0 Å². The molecule has 1 saturated carbocycles. The van der Waals surface area contributed by atoms with Crippen molar-refractivity contribution in [1.29, 1.82) is 0 Å². The van der Waals surface area contributed by atoms with E-state index in [2.05, 4.69) is 31.4 Å². The first-order valence-corrected chi connectivity index (χ1v) is 7.08. The molecule has 2 N–H and O–H groups in total. The van der Waals surface area contributed by atoms with Crippen LogP contribution in [0.3, 0.4) is 0 Å². The Kier molecular flexibility index (Phi) is 5.07. The number of nitrogens with one attached hydrogen (secondary N) is 2. The quantitative estimate of drug-likeness (QED) is 0.827. The van der Waals surface area contributed by atoms with E-state index in [4.69, 9.17) is 0 Å². The largest absolute Gasteiger partial charge is 0.351 e. The Morgan fingerprint density at radius 1 is 1.33 bits per heavy atom. The summed E-state index contributed by atoms with van der Waals surface area (Å²) in [6, 6.07) is 0. The van der Waals surface area contributed by atoms with Crippen molar-refractivity contribution in [2.75, 3.05) is 13.1 Å². The van der Waals surface area contributed by atoms with E-state index in [1.807, 2.05) is 0 Å². The minimum atomic E-state index is -0.00617. The van der Waals surface area contributed by atoms with Gasteiger partial charge in [0.2, 0.25) is 5.91 Å². The molecule has 2 aliphatic rings. The van der Waals surface area contributed by atoms with Crippen molar-refractivity contribution in [3.05, 3.63) is 0 Å². The fourth-order valence-corrected chi connectivity index (χ4v) is 3.01. The van der Waals surface area contributed by atoms with Crippen LogP contribution in [0.15, 0.2) is 0 Å². The fraction of sp³-hybridized carbons (Fsp3) is 0.929. The molecule has 1 aliphatic carbocycles. The highest BCUT2D eigenvalue weighted by Gasteiger charge is 2.58. The average molecular weight is 275 g/mol. The van der Waals surface area contributed by atoms with E-state index in [9.17, 15) is 4.79 Å². The number of halogens is 1. The molecule has 1 unspecified atom stereocenters. The number of amides is 1. The Morgan fingerprint density at radius 2 is 1.89 bits per heavy atom. The zero-order valence-electron chi connectivity index (χ0n) is 11.8. The summed E-state index contributed by atoms with van der Waals surface area (Å²) in [5.74, 6) is 0.597. The smallest absolute Gasteiger partial charge is 0.224 e. The first-order chi connectivity index (χ1) is 8.05. The lowest BCUT2D eigenvalue weighted by Gasteiger charge is -2.29. The molecule has 18 heavy (non-hydrogen) atoms. The molecule has 106 valence electrons. The minimum absolute atomic E-state index is 0. The molecule has 0 aromatic carbocycles. The van der Waals surface area contributed by atoms with Crippen LogP contribution >= 0.6 is 12.4 Å². The average Bonchev–Trinajstić information content (AvgIpc) is 3.04. The highest BCUT2D eigenvalue weighted by atomic mass is 35.5.